The molecule has 0 fully saturated rings. The summed E-state index contributed by atoms with van der Waals surface area (Å²) in [4.78, 5) is 11.1. The molecule has 0 aliphatic carbocycles. The molecule has 1 N–H and O–H groups in total. The van der Waals surface area contributed by atoms with E-state index < -0.39 is 0 Å². The third kappa shape index (κ3) is 5.42. The molecular weight excluding hydrogens is 174 g/mol. The Kier molecular flexibility index (Phi) is 7.26. The molecule has 0 bridgehead atoms. The van der Waals surface area contributed by atoms with Gasteiger partial charge in [0.2, 0.25) is 5.91 Å². The van der Waals surface area contributed by atoms with Crippen LogP contribution in [0.4, 0.5) is 0 Å². The second kappa shape index (κ2) is 7.41. The molecule has 0 spiro atoms. The lowest BCUT2D eigenvalue weighted by Gasteiger charge is -2.08. The van der Waals surface area contributed by atoms with Crippen molar-refractivity contribution in [2.24, 2.45) is 5.92 Å². The minimum atomic E-state index is -0.0618. The highest BCUT2D eigenvalue weighted by atomic mass is 35.5. The van der Waals surface area contributed by atoms with Crippen molar-refractivity contribution in [3.05, 3.63) is 0 Å². The van der Waals surface area contributed by atoms with Crippen molar-refractivity contribution in [1.29, 1.82) is 0 Å². The topological polar surface area (TPSA) is 29.1 Å². The van der Waals surface area contributed by atoms with Crippen LogP contribution in [-0.2, 0) is 4.79 Å². The molecule has 0 heterocycles. The molecule has 0 aromatic carbocycles. The zero-order valence-corrected chi connectivity index (χ0v) is 8.66. The summed E-state index contributed by atoms with van der Waals surface area (Å²) in [5.41, 5.74) is 0. The summed E-state index contributed by atoms with van der Waals surface area (Å²) >= 11 is 5.53. The van der Waals surface area contributed by atoms with E-state index in [9.17, 15) is 4.79 Å². The normalized spacial score (nSPS) is 12.6. The third-order valence-corrected chi connectivity index (χ3v) is 2.22. The summed E-state index contributed by atoms with van der Waals surface area (Å²) < 4.78 is 0. The Morgan fingerprint density at radius 3 is 2.67 bits per heavy atom. The molecular formula is C9H18ClNO. The zero-order chi connectivity index (χ0) is 9.40. The maximum Gasteiger partial charge on any atom is 0.224 e. The van der Waals surface area contributed by atoms with Gasteiger partial charge in [-0.25, -0.2) is 0 Å². The second-order valence-corrected chi connectivity index (χ2v) is 3.36. The maximum absolute atomic E-state index is 11.1. The Bertz CT molecular complexity index is 128. The van der Waals surface area contributed by atoms with Crippen LogP contribution in [0, 0.1) is 5.92 Å². The van der Waals surface area contributed by atoms with Crippen molar-refractivity contribution in [2.75, 3.05) is 12.4 Å². The number of carbonyl (C=O) groups is 1. The summed E-state index contributed by atoms with van der Waals surface area (Å²) in [5, 5.41) is 2.84. The van der Waals surface area contributed by atoms with Crippen molar-refractivity contribution in [2.45, 2.75) is 33.1 Å². The first-order valence-corrected chi connectivity index (χ1v) is 5.09. The number of halogens is 1. The van der Waals surface area contributed by atoms with Gasteiger partial charge in [0.1, 0.15) is 0 Å². The molecule has 1 amide bonds. The molecule has 12 heavy (non-hydrogen) atoms. The van der Waals surface area contributed by atoms with E-state index in [2.05, 4.69) is 12.2 Å². The number of alkyl halides is 1. The lowest BCUT2D eigenvalue weighted by Crippen LogP contribution is -2.30. The number of carbonyl (C=O) groups excluding carboxylic acids is 1. The minimum absolute atomic E-state index is 0.0618. The number of hydrogen-bond donors (Lipinski definition) is 1. The molecule has 1 unspecified atom stereocenters. The Morgan fingerprint density at radius 1 is 1.50 bits per heavy atom. The van der Waals surface area contributed by atoms with Crippen molar-refractivity contribution in [3.8, 4) is 0 Å². The Morgan fingerprint density at radius 2 is 2.17 bits per heavy atom. The first-order valence-electron chi connectivity index (χ1n) is 4.56. The fraction of sp³-hybridized carbons (Fsp3) is 0.889. The van der Waals surface area contributed by atoms with E-state index in [1.54, 1.807) is 0 Å². The molecule has 0 radical (unpaired) electrons. The average Bonchev–Trinajstić information content (AvgIpc) is 2.10. The lowest BCUT2D eigenvalue weighted by atomic mass is 10.2. The summed E-state index contributed by atoms with van der Waals surface area (Å²) in [7, 11) is 0. The predicted octanol–water partition coefficient (Wildman–Crippen LogP) is 2.17. The van der Waals surface area contributed by atoms with Gasteiger partial charge in [-0.2, -0.15) is 0 Å². The Balaban J connectivity index is 3.31. The van der Waals surface area contributed by atoms with E-state index in [-0.39, 0.29) is 11.8 Å². The summed E-state index contributed by atoms with van der Waals surface area (Å²) in [5.74, 6) is 0.411. The van der Waals surface area contributed by atoms with Gasteiger partial charge in [-0.05, 0) is 6.42 Å². The van der Waals surface area contributed by atoms with Gasteiger partial charge in [-0.1, -0.05) is 26.7 Å². The van der Waals surface area contributed by atoms with E-state index in [1.807, 2.05) is 6.92 Å². The molecule has 0 rings (SSSR count). The highest BCUT2D eigenvalue weighted by Crippen LogP contribution is 1.98. The van der Waals surface area contributed by atoms with Crippen LogP contribution in [0.1, 0.15) is 33.1 Å². The maximum atomic E-state index is 11.1. The van der Waals surface area contributed by atoms with Crippen LogP contribution in [0.15, 0.2) is 0 Å². The first kappa shape index (κ1) is 11.8. The van der Waals surface area contributed by atoms with Crippen molar-refractivity contribution >= 4 is 17.5 Å². The van der Waals surface area contributed by atoms with Crippen LogP contribution in [0.3, 0.4) is 0 Å². The van der Waals surface area contributed by atoms with Crippen LogP contribution in [0.25, 0.3) is 0 Å². The highest BCUT2D eigenvalue weighted by Gasteiger charge is 2.09. The molecule has 0 aromatic heterocycles. The lowest BCUT2D eigenvalue weighted by molar-refractivity contribution is -0.123. The minimum Gasteiger partial charge on any atom is -0.356 e. The molecule has 0 saturated heterocycles. The third-order valence-electron chi connectivity index (χ3n) is 1.76. The highest BCUT2D eigenvalue weighted by molar-refractivity contribution is 6.19. The molecule has 72 valence electrons. The van der Waals surface area contributed by atoms with E-state index in [0.717, 1.165) is 13.0 Å². The van der Waals surface area contributed by atoms with Crippen LogP contribution in [-0.4, -0.2) is 18.3 Å². The number of rotatable bonds is 6. The average molecular weight is 192 g/mol. The quantitative estimate of drug-likeness (QED) is 0.506. The molecule has 1 atom stereocenters. The van der Waals surface area contributed by atoms with Crippen LogP contribution < -0.4 is 5.32 Å². The number of unbranched alkanes of at least 4 members (excludes halogenated alkanes) is 2. The molecule has 3 heteroatoms. The molecule has 0 aromatic rings. The Labute approximate surface area is 79.7 Å². The van der Waals surface area contributed by atoms with Gasteiger partial charge in [-0.3, -0.25) is 4.79 Å². The van der Waals surface area contributed by atoms with Gasteiger partial charge in [0.15, 0.2) is 0 Å². The fourth-order valence-electron chi connectivity index (χ4n) is 0.831. The molecule has 2 nitrogen and oxygen atoms in total. The van der Waals surface area contributed by atoms with E-state index in [4.69, 9.17) is 11.6 Å². The van der Waals surface area contributed by atoms with Gasteiger partial charge in [0, 0.05) is 18.3 Å². The number of amides is 1. The summed E-state index contributed by atoms with van der Waals surface area (Å²) in [6, 6.07) is 0. The van der Waals surface area contributed by atoms with E-state index in [0.29, 0.717) is 5.88 Å². The zero-order valence-electron chi connectivity index (χ0n) is 7.90. The number of hydrogen-bond acceptors (Lipinski definition) is 1. The standard InChI is InChI=1S/C9H18ClNO/c1-3-4-5-6-11-9(12)8(2)7-10/h8H,3-7H2,1-2H3,(H,11,12). The SMILES string of the molecule is CCCCCNC(=O)C(C)CCl. The van der Waals surface area contributed by atoms with Crippen LogP contribution >= 0.6 is 11.6 Å². The predicted molar refractivity (Wildman–Crippen MR) is 52.4 cm³/mol. The first-order chi connectivity index (χ1) is 5.72. The number of nitrogens with one attached hydrogen (secondary N) is 1. The monoisotopic (exact) mass is 191 g/mol. The van der Waals surface area contributed by atoms with Crippen LogP contribution in [0.5, 0.6) is 0 Å². The fourth-order valence-corrected chi connectivity index (χ4v) is 0.971. The van der Waals surface area contributed by atoms with Crippen LogP contribution in [0.2, 0.25) is 0 Å². The largest absolute Gasteiger partial charge is 0.356 e. The van der Waals surface area contributed by atoms with Gasteiger partial charge < -0.3 is 5.32 Å². The summed E-state index contributed by atoms with van der Waals surface area (Å²) in [6.07, 6.45) is 3.42. The van der Waals surface area contributed by atoms with Gasteiger partial charge in [0.05, 0.1) is 0 Å². The van der Waals surface area contributed by atoms with E-state index >= 15 is 0 Å². The molecule has 0 aliphatic heterocycles. The Hall–Kier alpha value is -0.240. The van der Waals surface area contributed by atoms with Crippen molar-refractivity contribution in [1.82, 2.24) is 5.32 Å². The van der Waals surface area contributed by atoms with Gasteiger partial charge >= 0.3 is 0 Å². The summed E-state index contributed by atoms with van der Waals surface area (Å²) in [6.45, 7) is 4.76. The van der Waals surface area contributed by atoms with E-state index in [1.165, 1.54) is 12.8 Å². The van der Waals surface area contributed by atoms with Crippen molar-refractivity contribution < 1.29 is 4.79 Å². The van der Waals surface area contributed by atoms with Gasteiger partial charge in [-0.15, -0.1) is 11.6 Å². The molecule has 0 aliphatic rings. The smallest absolute Gasteiger partial charge is 0.224 e. The molecule has 0 saturated carbocycles. The second-order valence-electron chi connectivity index (χ2n) is 3.05. The van der Waals surface area contributed by atoms with Crippen molar-refractivity contribution in [3.63, 3.8) is 0 Å². The van der Waals surface area contributed by atoms with Gasteiger partial charge in [0.25, 0.3) is 0 Å².